The summed E-state index contributed by atoms with van der Waals surface area (Å²) in [4.78, 5) is 28.3. The number of benzene rings is 3. The number of carbonyl (C=O) groups excluding carboxylic acids is 2. The maximum absolute atomic E-state index is 15.1. The van der Waals surface area contributed by atoms with E-state index < -0.39 is 34.4 Å². The van der Waals surface area contributed by atoms with Crippen LogP contribution in [0.15, 0.2) is 48.5 Å². The summed E-state index contributed by atoms with van der Waals surface area (Å²) < 4.78 is 109. The second-order valence-electron chi connectivity index (χ2n) is 15.6. The number of amides is 1. The monoisotopic (exact) mass is 1010 g/mol. The zero-order chi connectivity index (χ0) is 50.7. The van der Waals surface area contributed by atoms with Gasteiger partial charge in [0.15, 0.2) is 6.54 Å². The minimum absolute atomic E-state index is 0.0198. The predicted molar refractivity (Wildman–Crippen MR) is 256 cm³/mol. The number of pyridine rings is 1. The van der Waals surface area contributed by atoms with Crippen molar-refractivity contribution in [1.29, 1.82) is 0 Å². The Labute approximate surface area is 409 Å². The van der Waals surface area contributed by atoms with Crippen LogP contribution in [0.1, 0.15) is 38.3 Å². The third kappa shape index (κ3) is 19.5. The van der Waals surface area contributed by atoms with E-state index in [4.69, 9.17) is 67.3 Å². The smallest absolute Gasteiger partial charge is 0.345 e. The number of hydrogen-bond donors (Lipinski definition) is 3. The van der Waals surface area contributed by atoms with Crippen molar-refractivity contribution in [2.75, 3.05) is 140 Å². The van der Waals surface area contributed by atoms with Gasteiger partial charge in [-0.2, -0.15) is 13.0 Å². The highest BCUT2D eigenvalue weighted by molar-refractivity contribution is 7.85. The van der Waals surface area contributed by atoms with Crippen molar-refractivity contribution < 1.29 is 88.7 Å². The summed E-state index contributed by atoms with van der Waals surface area (Å²) in [7, 11) is 1.90. The molecule has 390 valence electrons. The Bertz CT molecular complexity index is 2220. The van der Waals surface area contributed by atoms with Gasteiger partial charge in [0.2, 0.25) is 23.6 Å². The Morgan fingerprint density at radius 1 is 0.657 bits per heavy atom. The van der Waals surface area contributed by atoms with E-state index in [-0.39, 0.29) is 96.2 Å². The van der Waals surface area contributed by atoms with Crippen LogP contribution < -0.4 is 29.8 Å². The van der Waals surface area contributed by atoms with Crippen molar-refractivity contribution in [2.24, 2.45) is 5.73 Å². The van der Waals surface area contributed by atoms with E-state index in [1.54, 1.807) is 90.8 Å². The number of rotatable bonds is 37. The number of esters is 1. The third-order valence-electron chi connectivity index (χ3n) is 10.2. The van der Waals surface area contributed by atoms with Gasteiger partial charge in [0.25, 0.3) is 16.0 Å². The first-order valence-electron chi connectivity index (χ1n) is 22.9. The van der Waals surface area contributed by atoms with Crippen LogP contribution in [0.25, 0.3) is 21.8 Å². The van der Waals surface area contributed by atoms with Gasteiger partial charge in [-0.05, 0) is 61.4 Å². The summed E-state index contributed by atoms with van der Waals surface area (Å²) in [5.41, 5.74) is 7.92. The summed E-state index contributed by atoms with van der Waals surface area (Å²) in [6, 6.07) is 13.4. The van der Waals surface area contributed by atoms with Gasteiger partial charge in [-0.1, -0.05) is 0 Å². The molecule has 0 spiro atoms. The molecule has 22 heteroatoms. The highest BCUT2D eigenvalue weighted by Crippen LogP contribution is 2.34. The molecule has 2 unspecified atom stereocenters. The van der Waals surface area contributed by atoms with Gasteiger partial charge in [0.05, 0.1) is 101 Å². The summed E-state index contributed by atoms with van der Waals surface area (Å²) >= 11 is 0. The average Bonchev–Trinajstić information content (AvgIpc) is 3.32. The first kappa shape index (κ1) is 57.9. The largest absolute Gasteiger partial charge is 0.462 e. The maximum atomic E-state index is 15.1. The molecule has 0 radical (unpaired) electrons. The fourth-order valence-electron chi connectivity index (χ4n) is 7.02. The predicted octanol–water partition coefficient (Wildman–Crippen LogP) is 3.18. The van der Waals surface area contributed by atoms with E-state index in [1.165, 1.54) is 0 Å². The van der Waals surface area contributed by atoms with E-state index in [0.29, 0.717) is 89.6 Å². The molecule has 1 amide bonds. The minimum Gasteiger partial charge on any atom is -0.462 e. The molecule has 4 N–H and O–H groups in total. The maximum Gasteiger partial charge on any atom is 0.345 e. The van der Waals surface area contributed by atoms with Crippen LogP contribution in [-0.4, -0.2) is 177 Å². The van der Waals surface area contributed by atoms with Gasteiger partial charge in [-0.3, -0.25) is 9.35 Å². The molecule has 0 saturated carbocycles. The molecule has 0 aliphatic carbocycles. The van der Waals surface area contributed by atoms with E-state index in [2.05, 4.69) is 5.32 Å². The Morgan fingerprint density at radius 2 is 1.14 bits per heavy atom. The topological polar surface area (TPSA) is 250 Å². The fourth-order valence-corrected chi connectivity index (χ4v) is 7.52. The highest BCUT2D eigenvalue weighted by Gasteiger charge is 2.29. The Morgan fingerprint density at radius 3 is 1.63 bits per heavy atom. The second kappa shape index (κ2) is 31.6. The van der Waals surface area contributed by atoms with Crippen LogP contribution in [0.3, 0.4) is 0 Å². The molecule has 4 rings (SSSR count). The lowest BCUT2D eigenvalue weighted by Gasteiger charge is -2.21. The summed E-state index contributed by atoms with van der Waals surface area (Å²) in [5.74, 6) is -0.807. The van der Waals surface area contributed by atoms with Crippen LogP contribution >= 0.6 is 0 Å². The molecule has 0 aliphatic heterocycles. The first-order valence-corrected chi connectivity index (χ1v) is 24.5. The molecule has 1 heterocycles. The zero-order valence-corrected chi connectivity index (χ0v) is 41.8. The number of fused-ring (bicyclic) bond motifs is 2. The van der Waals surface area contributed by atoms with Crippen LogP contribution in [-0.2, 0) is 64.0 Å². The number of ether oxygens (including phenoxy) is 13. The molecule has 21 nitrogen and oxygen atoms in total. The van der Waals surface area contributed by atoms with Crippen LogP contribution in [0.5, 0.6) is 17.2 Å². The number of nitrogens with zero attached hydrogens (tertiary/aromatic N) is 1. The standard InChI is InChI=1S/C48H69N3O18S/c1-34-28-36(47(52)50-13-16-62-24-23-61-15-12-49)29-35(2)46(34)69-48(53)45-39-30-37(67-43(65-25-19-59-5)32-63-21-17-57-3)8-10-41(39)51(14-7-27-70(54,55)56)42-11-9-38(31-40(42)45)68-44(66-26-20-60-6)33-64-22-18-58-4/h8-11,28-31,43-44H,7,12-27,32-33,49H2,1-6H3,(H-,50,52,54,55,56)/p+1. The number of nitrogens with two attached hydrogens (primary N) is 1. The van der Waals surface area contributed by atoms with Crippen molar-refractivity contribution in [3.05, 3.63) is 70.8 Å². The van der Waals surface area contributed by atoms with Crippen LogP contribution in [0.2, 0.25) is 0 Å². The number of methoxy groups -OCH3 is 4. The molecule has 3 aromatic carbocycles. The molecule has 70 heavy (non-hydrogen) atoms. The van der Waals surface area contributed by atoms with Crippen molar-refractivity contribution in [2.45, 2.75) is 39.4 Å². The molecule has 4 aromatic rings. The van der Waals surface area contributed by atoms with Gasteiger partial charge < -0.3 is 72.6 Å². The van der Waals surface area contributed by atoms with Gasteiger partial charge in [-0.25, -0.2) is 4.79 Å². The average molecular weight is 1010 g/mol. The van der Waals surface area contributed by atoms with Gasteiger partial charge >= 0.3 is 5.97 Å². The molecular weight excluding hydrogens is 939 g/mol. The number of nitrogens with one attached hydrogen (secondary N) is 1. The fraction of sp³-hybridized carbons (Fsp3) is 0.562. The molecule has 0 aliphatic rings. The Balaban J connectivity index is 1.84. The molecule has 1 aromatic heterocycles. The number of hydrogen-bond acceptors (Lipinski definition) is 18. The van der Waals surface area contributed by atoms with Crippen LogP contribution in [0.4, 0.5) is 0 Å². The molecular formula is C48H70N3O18S+. The lowest BCUT2D eigenvalue weighted by atomic mass is 10.0. The Hall–Kier alpha value is -4.66. The van der Waals surface area contributed by atoms with Crippen molar-refractivity contribution in [3.8, 4) is 17.2 Å². The van der Waals surface area contributed by atoms with Gasteiger partial charge in [0.1, 0.15) is 30.5 Å². The molecule has 0 saturated heterocycles. The van der Waals surface area contributed by atoms with Crippen molar-refractivity contribution >= 4 is 43.8 Å². The number of aryl methyl sites for hydroxylation is 3. The molecule has 0 fully saturated rings. The normalized spacial score (nSPS) is 12.6. The highest BCUT2D eigenvalue weighted by atomic mass is 32.2. The lowest BCUT2D eigenvalue weighted by Crippen LogP contribution is -2.37. The summed E-state index contributed by atoms with van der Waals surface area (Å²) in [6.07, 6.45) is -1.79. The second-order valence-corrected chi connectivity index (χ2v) is 17.2. The Kier molecular flexibility index (Phi) is 26.2. The quantitative estimate of drug-likeness (QED) is 0.0112. The zero-order valence-electron chi connectivity index (χ0n) is 41.0. The molecule has 2 atom stereocenters. The number of aromatic nitrogens is 1. The van der Waals surface area contributed by atoms with Crippen molar-refractivity contribution in [1.82, 2.24) is 5.32 Å². The van der Waals surface area contributed by atoms with Gasteiger partial charge in [0, 0.05) is 65.6 Å². The van der Waals surface area contributed by atoms with E-state index >= 15 is 4.79 Å². The third-order valence-corrected chi connectivity index (χ3v) is 11.0. The molecule has 0 bridgehead atoms. The van der Waals surface area contributed by atoms with Crippen LogP contribution in [0, 0.1) is 13.8 Å². The lowest BCUT2D eigenvalue weighted by molar-refractivity contribution is -0.645. The first-order chi connectivity index (χ1) is 33.8. The van der Waals surface area contributed by atoms with E-state index in [9.17, 15) is 17.8 Å². The minimum atomic E-state index is -4.32. The van der Waals surface area contributed by atoms with Crippen molar-refractivity contribution in [3.63, 3.8) is 0 Å². The van der Waals surface area contributed by atoms with E-state index in [0.717, 1.165) is 0 Å². The van der Waals surface area contributed by atoms with E-state index in [1.807, 2.05) is 4.57 Å². The van der Waals surface area contributed by atoms with Gasteiger partial charge in [-0.15, -0.1) is 0 Å². The SMILES string of the molecule is COCCOCC(OCCOC)Oc1ccc2c(c1)c(C(=O)Oc1c(C)cc(C(=O)NCCOCCOCCN)cc1C)c1cc(OC(COCCOC)OCCOC)ccc1[n+]2CCCS(=O)(=O)O. The number of carbonyl (C=O) groups is 2. The summed E-state index contributed by atoms with van der Waals surface area (Å²) in [6.45, 7) is 7.98. The summed E-state index contributed by atoms with van der Waals surface area (Å²) in [5, 5.41) is 3.55.